The molecule has 0 heterocycles. The molecule has 0 saturated heterocycles. The summed E-state index contributed by atoms with van der Waals surface area (Å²) in [4.78, 5) is 2.52. The minimum Gasteiger partial charge on any atom is -0.497 e. The van der Waals surface area contributed by atoms with Crippen LogP contribution < -0.4 is 10.1 Å². The van der Waals surface area contributed by atoms with Crippen LogP contribution in [0.25, 0.3) is 0 Å². The zero-order chi connectivity index (χ0) is 14.5. The maximum Gasteiger partial charge on any atom is 0.119 e. The second-order valence-corrected chi connectivity index (χ2v) is 5.79. The molecular weight excluding hydrogens is 248 g/mol. The Labute approximate surface area is 123 Å². The number of ether oxygens (including phenoxy) is 1. The van der Waals surface area contributed by atoms with Gasteiger partial charge in [-0.2, -0.15) is 0 Å². The van der Waals surface area contributed by atoms with Crippen molar-refractivity contribution < 1.29 is 4.74 Å². The normalized spacial score (nSPS) is 21.2. The molecule has 0 saturated carbocycles. The first-order chi connectivity index (χ1) is 9.71. The van der Waals surface area contributed by atoms with Crippen molar-refractivity contribution in [1.82, 2.24) is 10.2 Å². The fourth-order valence-electron chi connectivity index (χ4n) is 3.26. The van der Waals surface area contributed by atoms with Gasteiger partial charge in [-0.1, -0.05) is 25.8 Å². The van der Waals surface area contributed by atoms with Crippen molar-refractivity contribution in [2.45, 2.75) is 44.7 Å². The molecule has 1 aromatic carbocycles. The van der Waals surface area contributed by atoms with Crippen LogP contribution in [-0.4, -0.2) is 38.7 Å². The summed E-state index contributed by atoms with van der Waals surface area (Å²) in [6.45, 7) is 3.44. The van der Waals surface area contributed by atoms with Gasteiger partial charge in [0.25, 0.3) is 0 Å². The van der Waals surface area contributed by atoms with Gasteiger partial charge in [0, 0.05) is 12.1 Å². The maximum atomic E-state index is 5.37. The Hall–Kier alpha value is -1.06. The Morgan fingerprint density at radius 2 is 2.15 bits per heavy atom. The van der Waals surface area contributed by atoms with E-state index in [2.05, 4.69) is 49.4 Å². The van der Waals surface area contributed by atoms with E-state index in [4.69, 9.17) is 4.74 Å². The van der Waals surface area contributed by atoms with Crippen molar-refractivity contribution in [2.24, 2.45) is 0 Å². The minimum atomic E-state index is 0.409. The van der Waals surface area contributed by atoms with E-state index in [0.29, 0.717) is 12.1 Å². The van der Waals surface area contributed by atoms with Crippen molar-refractivity contribution in [2.75, 3.05) is 27.7 Å². The number of nitrogens with one attached hydrogen (secondary N) is 1. The summed E-state index contributed by atoms with van der Waals surface area (Å²) in [5.41, 5.74) is 2.86. The monoisotopic (exact) mass is 276 g/mol. The van der Waals surface area contributed by atoms with Gasteiger partial charge in [-0.25, -0.2) is 0 Å². The summed E-state index contributed by atoms with van der Waals surface area (Å²) in [6.07, 6.45) is 5.03. The van der Waals surface area contributed by atoms with Crippen LogP contribution in [-0.2, 0) is 6.42 Å². The van der Waals surface area contributed by atoms with Crippen LogP contribution in [0, 0.1) is 0 Å². The average molecular weight is 276 g/mol. The van der Waals surface area contributed by atoms with Gasteiger partial charge < -0.3 is 15.0 Å². The van der Waals surface area contributed by atoms with Crippen LogP contribution in [0.2, 0.25) is 0 Å². The van der Waals surface area contributed by atoms with E-state index < -0.39 is 0 Å². The van der Waals surface area contributed by atoms with Crippen molar-refractivity contribution in [3.05, 3.63) is 29.3 Å². The Morgan fingerprint density at radius 1 is 1.35 bits per heavy atom. The van der Waals surface area contributed by atoms with Crippen LogP contribution in [0.5, 0.6) is 5.75 Å². The zero-order valence-electron chi connectivity index (χ0n) is 13.3. The van der Waals surface area contributed by atoms with Crippen LogP contribution >= 0.6 is 0 Å². The average Bonchev–Trinajstić information content (AvgIpc) is 2.84. The van der Waals surface area contributed by atoms with E-state index in [9.17, 15) is 0 Å². The molecule has 1 aromatic rings. The molecule has 0 fully saturated rings. The Morgan fingerprint density at radius 3 is 2.80 bits per heavy atom. The molecule has 0 aliphatic heterocycles. The molecule has 3 heteroatoms. The minimum absolute atomic E-state index is 0.409. The second kappa shape index (κ2) is 7.09. The third-order valence-electron chi connectivity index (χ3n) is 4.49. The van der Waals surface area contributed by atoms with E-state index in [0.717, 1.165) is 12.2 Å². The van der Waals surface area contributed by atoms with E-state index >= 15 is 0 Å². The van der Waals surface area contributed by atoms with Crippen LogP contribution in [0.3, 0.4) is 0 Å². The molecule has 0 aromatic heterocycles. The summed E-state index contributed by atoms with van der Waals surface area (Å²) in [5, 5.41) is 3.50. The van der Waals surface area contributed by atoms with Gasteiger partial charge in [0.05, 0.1) is 7.11 Å². The summed E-state index contributed by atoms with van der Waals surface area (Å²) in [5.74, 6) is 0.957. The van der Waals surface area contributed by atoms with E-state index in [1.807, 2.05) is 0 Å². The number of fused-ring (bicyclic) bond motifs is 1. The zero-order valence-corrected chi connectivity index (χ0v) is 13.3. The topological polar surface area (TPSA) is 24.5 Å². The molecule has 2 rings (SSSR count). The van der Waals surface area contributed by atoms with Gasteiger partial charge in [0.2, 0.25) is 0 Å². The standard InChI is InChI=1S/C17H28N2O/c1-5-6-7-10-19(3)16-11-13-8-9-14(20-4)12-15(13)17(16)18-2/h8-9,12,16-18H,5-7,10-11H2,1-4H3. The summed E-state index contributed by atoms with van der Waals surface area (Å²) < 4.78 is 5.37. The highest BCUT2D eigenvalue weighted by Gasteiger charge is 2.33. The van der Waals surface area contributed by atoms with Gasteiger partial charge in [-0.05, 0) is 56.7 Å². The van der Waals surface area contributed by atoms with E-state index in [1.54, 1.807) is 7.11 Å². The molecule has 1 aliphatic rings. The number of unbranched alkanes of at least 4 members (excludes halogenated alkanes) is 2. The Balaban J connectivity index is 2.10. The molecule has 0 radical (unpaired) electrons. The fourth-order valence-corrected chi connectivity index (χ4v) is 3.26. The van der Waals surface area contributed by atoms with Crippen molar-refractivity contribution in [3.63, 3.8) is 0 Å². The molecule has 1 N–H and O–H groups in total. The number of rotatable bonds is 7. The van der Waals surface area contributed by atoms with Gasteiger partial charge >= 0.3 is 0 Å². The third-order valence-corrected chi connectivity index (χ3v) is 4.49. The van der Waals surface area contributed by atoms with Crippen molar-refractivity contribution >= 4 is 0 Å². The highest BCUT2D eigenvalue weighted by molar-refractivity contribution is 5.42. The lowest BCUT2D eigenvalue weighted by Crippen LogP contribution is -2.40. The van der Waals surface area contributed by atoms with Gasteiger partial charge in [-0.3, -0.25) is 0 Å². The molecule has 0 spiro atoms. The maximum absolute atomic E-state index is 5.37. The highest BCUT2D eigenvalue weighted by atomic mass is 16.5. The molecular formula is C17H28N2O. The number of methoxy groups -OCH3 is 1. The van der Waals surface area contributed by atoms with Crippen LogP contribution in [0.4, 0.5) is 0 Å². The van der Waals surface area contributed by atoms with Crippen molar-refractivity contribution in [1.29, 1.82) is 0 Å². The lowest BCUT2D eigenvalue weighted by molar-refractivity contribution is 0.205. The molecule has 1 aliphatic carbocycles. The van der Waals surface area contributed by atoms with Gasteiger partial charge in [0.15, 0.2) is 0 Å². The molecule has 112 valence electrons. The number of nitrogens with zero attached hydrogens (tertiary/aromatic N) is 1. The SMILES string of the molecule is CCCCCN(C)C1Cc2ccc(OC)cc2C1NC. The molecule has 20 heavy (non-hydrogen) atoms. The molecule has 3 nitrogen and oxygen atoms in total. The molecule has 0 bridgehead atoms. The second-order valence-electron chi connectivity index (χ2n) is 5.79. The Kier molecular flexibility index (Phi) is 5.44. The summed E-state index contributed by atoms with van der Waals surface area (Å²) >= 11 is 0. The smallest absolute Gasteiger partial charge is 0.119 e. The van der Waals surface area contributed by atoms with Crippen molar-refractivity contribution in [3.8, 4) is 5.75 Å². The lowest BCUT2D eigenvalue weighted by atomic mass is 10.1. The number of benzene rings is 1. The largest absolute Gasteiger partial charge is 0.497 e. The predicted molar refractivity (Wildman–Crippen MR) is 84.4 cm³/mol. The predicted octanol–water partition coefficient (Wildman–Crippen LogP) is 3.00. The number of likely N-dealkylation sites (N-methyl/N-ethyl adjacent to an activating group) is 2. The summed E-state index contributed by atoms with van der Waals surface area (Å²) in [6, 6.07) is 7.45. The number of hydrogen-bond acceptors (Lipinski definition) is 3. The summed E-state index contributed by atoms with van der Waals surface area (Å²) in [7, 11) is 6.05. The first-order valence-electron chi connectivity index (χ1n) is 7.75. The lowest BCUT2D eigenvalue weighted by Gasteiger charge is -2.30. The molecule has 2 atom stereocenters. The number of hydrogen-bond donors (Lipinski definition) is 1. The van der Waals surface area contributed by atoms with Crippen LogP contribution in [0.1, 0.15) is 43.4 Å². The first kappa shape index (κ1) is 15.3. The van der Waals surface area contributed by atoms with Gasteiger partial charge in [0.1, 0.15) is 5.75 Å². The first-order valence-corrected chi connectivity index (χ1v) is 7.75. The van der Waals surface area contributed by atoms with Crippen LogP contribution in [0.15, 0.2) is 18.2 Å². The fraction of sp³-hybridized carbons (Fsp3) is 0.647. The molecule has 2 unspecified atom stereocenters. The highest BCUT2D eigenvalue weighted by Crippen LogP contribution is 2.36. The van der Waals surface area contributed by atoms with Gasteiger partial charge in [-0.15, -0.1) is 0 Å². The van der Waals surface area contributed by atoms with E-state index in [1.165, 1.54) is 36.9 Å². The third kappa shape index (κ3) is 3.15. The Bertz CT molecular complexity index is 433. The van der Waals surface area contributed by atoms with E-state index in [-0.39, 0.29) is 0 Å². The molecule has 0 amide bonds. The quantitative estimate of drug-likeness (QED) is 0.775.